The molecule has 4 nitrogen and oxygen atoms in total. The lowest BCUT2D eigenvalue weighted by Gasteiger charge is -2.26. The van der Waals surface area contributed by atoms with Crippen molar-refractivity contribution in [2.45, 2.75) is 34.1 Å². The summed E-state index contributed by atoms with van der Waals surface area (Å²) in [6, 6.07) is 5.64. The number of hydrogen-bond acceptors (Lipinski definition) is 3. The van der Waals surface area contributed by atoms with Crippen LogP contribution in [-0.4, -0.2) is 38.1 Å². The van der Waals surface area contributed by atoms with E-state index >= 15 is 0 Å². The third-order valence-electron chi connectivity index (χ3n) is 3.33. The molecule has 4 heteroatoms. The van der Waals surface area contributed by atoms with Crippen molar-refractivity contribution in [3.63, 3.8) is 0 Å². The standard InChI is InChI=1S/C18H29NO3/c1-13(2)11-19(12-14(3)4)18(20)10-15-7-8-16(21-5)17(9-15)22-6/h7-9,13-14H,10-12H2,1-6H3. The Kier molecular flexibility index (Phi) is 7.22. The molecule has 0 radical (unpaired) electrons. The minimum Gasteiger partial charge on any atom is -0.493 e. The van der Waals surface area contributed by atoms with Crippen molar-refractivity contribution < 1.29 is 14.3 Å². The summed E-state index contributed by atoms with van der Waals surface area (Å²) in [6.45, 7) is 10.1. The fourth-order valence-corrected chi connectivity index (χ4v) is 2.44. The van der Waals surface area contributed by atoms with E-state index in [1.807, 2.05) is 23.1 Å². The van der Waals surface area contributed by atoms with Crippen LogP contribution in [0.2, 0.25) is 0 Å². The summed E-state index contributed by atoms with van der Waals surface area (Å²) in [6.07, 6.45) is 0.389. The van der Waals surface area contributed by atoms with Crippen LogP contribution in [0.3, 0.4) is 0 Å². The van der Waals surface area contributed by atoms with E-state index in [0.717, 1.165) is 18.7 Å². The Morgan fingerprint density at radius 1 is 1.00 bits per heavy atom. The first-order valence-electron chi connectivity index (χ1n) is 7.86. The SMILES string of the molecule is COc1ccc(CC(=O)N(CC(C)C)CC(C)C)cc1OC. The number of benzene rings is 1. The zero-order valence-electron chi connectivity index (χ0n) is 14.7. The maximum absolute atomic E-state index is 12.6. The zero-order valence-corrected chi connectivity index (χ0v) is 14.7. The van der Waals surface area contributed by atoms with Crippen LogP contribution in [0.15, 0.2) is 18.2 Å². The van der Waals surface area contributed by atoms with Crippen molar-refractivity contribution in [3.05, 3.63) is 23.8 Å². The number of nitrogens with zero attached hydrogens (tertiary/aromatic N) is 1. The molecule has 0 atom stereocenters. The first-order valence-corrected chi connectivity index (χ1v) is 7.86. The molecule has 0 fully saturated rings. The molecule has 0 saturated heterocycles. The molecular formula is C18H29NO3. The van der Waals surface area contributed by atoms with E-state index in [-0.39, 0.29) is 5.91 Å². The molecule has 0 heterocycles. The molecule has 0 aliphatic rings. The molecule has 0 bridgehead atoms. The van der Waals surface area contributed by atoms with E-state index in [2.05, 4.69) is 27.7 Å². The molecule has 1 rings (SSSR count). The van der Waals surface area contributed by atoms with Gasteiger partial charge in [-0.2, -0.15) is 0 Å². The fourth-order valence-electron chi connectivity index (χ4n) is 2.44. The highest BCUT2D eigenvalue weighted by Gasteiger charge is 2.17. The van der Waals surface area contributed by atoms with Gasteiger partial charge in [-0.15, -0.1) is 0 Å². The number of ether oxygens (including phenoxy) is 2. The number of methoxy groups -OCH3 is 2. The molecule has 0 N–H and O–H groups in total. The Labute approximate surface area is 134 Å². The Bertz CT molecular complexity index is 473. The van der Waals surface area contributed by atoms with E-state index < -0.39 is 0 Å². The lowest BCUT2D eigenvalue weighted by atomic mass is 10.1. The van der Waals surface area contributed by atoms with Gasteiger partial charge in [0.25, 0.3) is 0 Å². The second-order valence-corrected chi connectivity index (χ2v) is 6.45. The summed E-state index contributed by atoms with van der Waals surface area (Å²) in [5.74, 6) is 2.43. The van der Waals surface area contributed by atoms with Gasteiger partial charge in [0, 0.05) is 13.1 Å². The first-order chi connectivity index (χ1) is 10.4. The van der Waals surface area contributed by atoms with Gasteiger partial charge in [-0.05, 0) is 29.5 Å². The monoisotopic (exact) mass is 307 g/mol. The van der Waals surface area contributed by atoms with Gasteiger partial charge in [0.2, 0.25) is 5.91 Å². The number of amides is 1. The average molecular weight is 307 g/mol. The van der Waals surface area contributed by atoms with Gasteiger partial charge in [-0.1, -0.05) is 33.8 Å². The Morgan fingerprint density at radius 3 is 2.00 bits per heavy atom. The predicted molar refractivity (Wildman–Crippen MR) is 89.5 cm³/mol. The quantitative estimate of drug-likeness (QED) is 0.739. The Morgan fingerprint density at radius 2 is 1.55 bits per heavy atom. The van der Waals surface area contributed by atoms with Crippen LogP contribution in [0.1, 0.15) is 33.3 Å². The van der Waals surface area contributed by atoms with E-state index in [0.29, 0.717) is 29.8 Å². The third-order valence-corrected chi connectivity index (χ3v) is 3.33. The largest absolute Gasteiger partial charge is 0.493 e. The second-order valence-electron chi connectivity index (χ2n) is 6.45. The molecule has 124 valence electrons. The van der Waals surface area contributed by atoms with Crippen LogP contribution < -0.4 is 9.47 Å². The number of hydrogen-bond donors (Lipinski definition) is 0. The molecular weight excluding hydrogens is 278 g/mol. The van der Waals surface area contributed by atoms with Crippen LogP contribution in [0.4, 0.5) is 0 Å². The van der Waals surface area contributed by atoms with E-state index in [4.69, 9.17) is 9.47 Å². The minimum absolute atomic E-state index is 0.162. The van der Waals surface area contributed by atoms with Crippen LogP contribution in [0, 0.1) is 11.8 Å². The molecule has 0 aromatic heterocycles. The zero-order chi connectivity index (χ0) is 16.7. The van der Waals surface area contributed by atoms with Crippen LogP contribution in [-0.2, 0) is 11.2 Å². The van der Waals surface area contributed by atoms with Gasteiger partial charge in [0.15, 0.2) is 11.5 Å². The Balaban J connectivity index is 2.84. The van der Waals surface area contributed by atoms with Crippen molar-refractivity contribution in [1.29, 1.82) is 0 Å². The molecule has 22 heavy (non-hydrogen) atoms. The first kappa shape index (κ1) is 18.3. The molecule has 0 saturated carbocycles. The number of carbonyl (C=O) groups is 1. The molecule has 0 unspecified atom stereocenters. The Hall–Kier alpha value is -1.71. The second kappa shape index (κ2) is 8.66. The van der Waals surface area contributed by atoms with Crippen LogP contribution in [0.25, 0.3) is 0 Å². The molecule has 1 amide bonds. The summed E-state index contributed by atoms with van der Waals surface area (Å²) < 4.78 is 10.5. The van der Waals surface area contributed by atoms with Gasteiger partial charge in [-0.3, -0.25) is 4.79 Å². The number of carbonyl (C=O) groups excluding carboxylic acids is 1. The van der Waals surface area contributed by atoms with E-state index in [9.17, 15) is 4.79 Å². The molecule has 1 aromatic rings. The highest BCUT2D eigenvalue weighted by molar-refractivity contribution is 5.79. The minimum atomic E-state index is 0.162. The summed E-state index contributed by atoms with van der Waals surface area (Å²) in [7, 11) is 3.21. The van der Waals surface area contributed by atoms with E-state index in [1.54, 1.807) is 14.2 Å². The topological polar surface area (TPSA) is 38.8 Å². The van der Waals surface area contributed by atoms with Crippen molar-refractivity contribution in [2.75, 3.05) is 27.3 Å². The van der Waals surface area contributed by atoms with Gasteiger partial charge in [0.05, 0.1) is 20.6 Å². The molecule has 0 aliphatic heterocycles. The van der Waals surface area contributed by atoms with Gasteiger partial charge >= 0.3 is 0 Å². The normalized spacial score (nSPS) is 10.9. The van der Waals surface area contributed by atoms with Gasteiger partial charge in [0.1, 0.15) is 0 Å². The molecule has 0 spiro atoms. The predicted octanol–water partition coefficient (Wildman–Crippen LogP) is 3.39. The van der Waals surface area contributed by atoms with Crippen molar-refractivity contribution in [2.24, 2.45) is 11.8 Å². The summed E-state index contributed by atoms with van der Waals surface area (Å²) >= 11 is 0. The average Bonchev–Trinajstić information content (AvgIpc) is 2.45. The highest BCUT2D eigenvalue weighted by atomic mass is 16.5. The third kappa shape index (κ3) is 5.58. The summed E-state index contributed by atoms with van der Waals surface area (Å²) in [4.78, 5) is 14.6. The molecule has 1 aromatic carbocycles. The number of rotatable bonds is 8. The summed E-state index contributed by atoms with van der Waals surface area (Å²) in [5, 5.41) is 0. The lowest BCUT2D eigenvalue weighted by Crippen LogP contribution is -2.37. The highest BCUT2D eigenvalue weighted by Crippen LogP contribution is 2.27. The maximum atomic E-state index is 12.6. The maximum Gasteiger partial charge on any atom is 0.227 e. The lowest BCUT2D eigenvalue weighted by molar-refractivity contribution is -0.131. The van der Waals surface area contributed by atoms with Crippen molar-refractivity contribution in [3.8, 4) is 11.5 Å². The van der Waals surface area contributed by atoms with Gasteiger partial charge in [-0.25, -0.2) is 0 Å². The van der Waals surface area contributed by atoms with Gasteiger partial charge < -0.3 is 14.4 Å². The molecule has 0 aliphatic carbocycles. The van der Waals surface area contributed by atoms with Crippen LogP contribution in [0.5, 0.6) is 11.5 Å². The van der Waals surface area contributed by atoms with Crippen molar-refractivity contribution >= 4 is 5.91 Å². The smallest absolute Gasteiger partial charge is 0.227 e. The fraction of sp³-hybridized carbons (Fsp3) is 0.611. The van der Waals surface area contributed by atoms with Crippen LogP contribution >= 0.6 is 0 Å². The van der Waals surface area contributed by atoms with Crippen molar-refractivity contribution in [1.82, 2.24) is 4.90 Å². The summed E-state index contributed by atoms with van der Waals surface area (Å²) in [5.41, 5.74) is 0.945. The van der Waals surface area contributed by atoms with E-state index in [1.165, 1.54) is 0 Å².